The van der Waals surface area contributed by atoms with Gasteiger partial charge in [-0.2, -0.15) is 0 Å². The van der Waals surface area contributed by atoms with Crippen molar-refractivity contribution >= 4 is 12.0 Å². The summed E-state index contributed by atoms with van der Waals surface area (Å²) < 4.78 is 9.00. The molecule has 0 spiro atoms. The molecule has 0 bridgehead atoms. The SMILES string of the molecule is COC(=O)Nc1cc(C)no1. The van der Waals surface area contributed by atoms with Gasteiger partial charge < -0.3 is 9.26 Å². The molecule has 0 aromatic carbocycles. The maximum absolute atomic E-state index is 10.6. The van der Waals surface area contributed by atoms with E-state index in [1.165, 1.54) is 7.11 Å². The minimum absolute atomic E-state index is 0.286. The number of rotatable bonds is 1. The molecule has 1 amide bonds. The van der Waals surface area contributed by atoms with E-state index in [9.17, 15) is 4.79 Å². The van der Waals surface area contributed by atoms with Gasteiger partial charge in [-0.3, -0.25) is 5.32 Å². The molecule has 0 aliphatic carbocycles. The largest absolute Gasteiger partial charge is 0.453 e. The van der Waals surface area contributed by atoms with Gasteiger partial charge in [-0.15, -0.1) is 0 Å². The van der Waals surface area contributed by atoms with Crippen molar-refractivity contribution in [1.82, 2.24) is 5.16 Å². The number of hydrogen-bond donors (Lipinski definition) is 1. The number of nitrogens with zero attached hydrogens (tertiary/aromatic N) is 1. The second-order valence-corrected chi connectivity index (χ2v) is 1.95. The third-order valence-corrected chi connectivity index (χ3v) is 1.04. The number of carbonyl (C=O) groups excluding carboxylic acids is 1. The Bertz CT molecular complexity index is 256. The first-order valence-corrected chi connectivity index (χ1v) is 3.00. The molecule has 1 rings (SSSR count). The van der Waals surface area contributed by atoms with Crippen molar-refractivity contribution in [2.24, 2.45) is 0 Å². The molecule has 11 heavy (non-hydrogen) atoms. The normalized spacial score (nSPS) is 9.27. The van der Waals surface area contributed by atoms with Crippen LogP contribution in [0, 0.1) is 6.92 Å². The molecule has 5 heteroatoms. The van der Waals surface area contributed by atoms with Crippen LogP contribution in [0.3, 0.4) is 0 Å². The Morgan fingerprint density at radius 1 is 1.82 bits per heavy atom. The summed E-state index contributed by atoms with van der Waals surface area (Å²) in [5.41, 5.74) is 0.705. The van der Waals surface area contributed by atoms with Crippen LogP contribution >= 0.6 is 0 Å². The van der Waals surface area contributed by atoms with Crippen molar-refractivity contribution in [2.75, 3.05) is 12.4 Å². The maximum Gasteiger partial charge on any atom is 0.413 e. The van der Waals surface area contributed by atoms with E-state index in [1.54, 1.807) is 13.0 Å². The summed E-state index contributed by atoms with van der Waals surface area (Å²) in [5.74, 6) is 0.286. The number of aryl methyl sites for hydroxylation is 1. The van der Waals surface area contributed by atoms with Gasteiger partial charge in [0.1, 0.15) is 0 Å². The van der Waals surface area contributed by atoms with Crippen molar-refractivity contribution in [3.63, 3.8) is 0 Å². The average molecular weight is 156 g/mol. The number of amides is 1. The van der Waals surface area contributed by atoms with Crippen LogP contribution in [0.2, 0.25) is 0 Å². The molecule has 1 aromatic rings. The summed E-state index contributed by atoms with van der Waals surface area (Å²) >= 11 is 0. The van der Waals surface area contributed by atoms with Crippen molar-refractivity contribution in [3.05, 3.63) is 11.8 Å². The fourth-order valence-corrected chi connectivity index (χ4v) is 0.574. The highest BCUT2D eigenvalue weighted by Gasteiger charge is 2.04. The monoisotopic (exact) mass is 156 g/mol. The molecule has 60 valence electrons. The third kappa shape index (κ3) is 1.96. The Kier molecular flexibility index (Phi) is 2.10. The molecule has 0 saturated carbocycles. The van der Waals surface area contributed by atoms with Crippen LogP contribution in [0.1, 0.15) is 5.69 Å². The minimum Gasteiger partial charge on any atom is -0.453 e. The lowest BCUT2D eigenvalue weighted by Crippen LogP contribution is -2.09. The standard InChI is InChI=1S/C6H8N2O3/c1-4-3-5(11-8-4)7-6(9)10-2/h3H,1-2H3,(H,7,9). The predicted octanol–water partition coefficient (Wildman–Crippen LogP) is 1.16. The molecule has 1 N–H and O–H groups in total. The van der Waals surface area contributed by atoms with Crippen molar-refractivity contribution in [3.8, 4) is 0 Å². The summed E-state index contributed by atoms with van der Waals surface area (Å²) in [5, 5.41) is 5.88. The van der Waals surface area contributed by atoms with E-state index in [1.807, 2.05) is 0 Å². The van der Waals surface area contributed by atoms with E-state index in [0.29, 0.717) is 5.69 Å². The zero-order chi connectivity index (χ0) is 8.27. The van der Waals surface area contributed by atoms with E-state index < -0.39 is 6.09 Å². The number of nitrogens with one attached hydrogen (secondary N) is 1. The lowest BCUT2D eigenvalue weighted by atomic mass is 10.5. The Balaban J connectivity index is 2.57. The Morgan fingerprint density at radius 2 is 2.55 bits per heavy atom. The first-order valence-electron chi connectivity index (χ1n) is 3.00. The van der Waals surface area contributed by atoms with Gasteiger partial charge in [-0.25, -0.2) is 4.79 Å². The molecule has 1 heterocycles. The summed E-state index contributed by atoms with van der Waals surface area (Å²) in [4.78, 5) is 10.6. The molecule has 0 aliphatic rings. The smallest absolute Gasteiger partial charge is 0.413 e. The fourth-order valence-electron chi connectivity index (χ4n) is 0.574. The molecular weight excluding hydrogens is 148 g/mol. The van der Waals surface area contributed by atoms with Gasteiger partial charge in [0, 0.05) is 6.07 Å². The topological polar surface area (TPSA) is 64.4 Å². The highest BCUT2D eigenvalue weighted by atomic mass is 16.5. The molecule has 5 nitrogen and oxygen atoms in total. The number of hydrogen-bond acceptors (Lipinski definition) is 4. The van der Waals surface area contributed by atoms with Crippen LogP contribution in [0.5, 0.6) is 0 Å². The van der Waals surface area contributed by atoms with E-state index in [2.05, 4.69) is 19.7 Å². The van der Waals surface area contributed by atoms with Crippen molar-refractivity contribution < 1.29 is 14.1 Å². The maximum atomic E-state index is 10.6. The first kappa shape index (κ1) is 7.59. The zero-order valence-corrected chi connectivity index (χ0v) is 6.25. The summed E-state index contributed by atoms with van der Waals surface area (Å²) in [6.45, 7) is 1.76. The summed E-state index contributed by atoms with van der Waals surface area (Å²) in [6.07, 6.45) is -0.568. The second kappa shape index (κ2) is 3.05. The third-order valence-electron chi connectivity index (χ3n) is 1.04. The van der Waals surface area contributed by atoms with Crippen LogP contribution in [-0.2, 0) is 4.74 Å². The summed E-state index contributed by atoms with van der Waals surface area (Å²) in [6, 6.07) is 1.59. The van der Waals surface area contributed by atoms with E-state index in [-0.39, 0.29) is 5.88 Å². The molecule has 1 aromatic heterocycles. The fraction of sp³-hybridized carbons (Fsp3) is 0.333. The Labute approximate surface area is 63.3 Å². The quantitative estimate of drug-likeness (QED) is 0.662. The average Bonchev–Trinajstić information content (AvgIpc) is 2.35. The van der Waals surface area contributed by atoms with Crippen molar-refractivity contribution in [2.45, 2.75) is 6.92 Å². The van der Waals surface area contributed by atoms with E-state index in [4.69, 9.17) is 0 Å². The number of aromatic nitrogens is 1. The minimum atomic E-state index is -0.568. The molecule has 0 unspecified atom stereocenters. The van der Waals surface area contributed by atoms with Crippen LogP contribution in [-0.4, -0.2) is 18.4 Å². The van der Waals surface area contributed by atoms with Crippen LogP contribution < -0.4 is 5.32 Å². The van der Waals surface area contributed by atoms with Crippen LogP contribution in [0.4, 0.5) is 10.7 Å². The number of methoxy groups -OCH3 is 1. The molecule has 0 fully saturated rings. The number of ether oxygens (including phenoxy) is 1. The van der Waals surface area contributed by atoms with Crippen molar-refractivity contribution in [1.29, 1.82) is 0 Å². The molecule has 0 atom stereocenters. The lowest BCUT2D eigenvalue weighted by Gasteiger charge is -1.95. The predicted molar refractivity (Wildman–Crippen MR) is 37.3 cm³/mol. The highest BCUT2D eigenvalue weighted by Crippen LogP contribution is 2.07. The first-order chi connectivity index (χ1) is 5.22. The van der Waals surface area contributed by atoms with E-state index in [0.717, 1.165) is 0 Å². The molecular formula is C6H8N2O3. The van der Waals surface area contributed by atoms with Gasteiger partial charge in [0.05, 0.1) is 12.8 Å². The van der Waals surface area contributed by atoms with Gasteiger partial charge >= 0.3 is 6.09 Å². The Morgan fingerprint density at radius 3 is 3.00 bits per heavy atom. The second-order valence-electron chi connectivity index (χ2n) is 1.95. The van der Waals surface area contributed by atoms with E-state index >= 15 is 0 Å². The molecule has 0 radical (unpaired) electrons. The Hall–Kier alpha value is -1.52. The van der Waals surface area contributed by atoms with Gasteiger partial charge in [-0.05, 0) is 6.92 Å². The highest BCUT2D eigenvalue weighted by molar-refractivity contribution is 5.82. The van der Waals surface area contributed by atoms with Gasteiger partial charge in [0.25, 0.3) is 0 Å². The van der Waals surface area contributed by atoms with Gasteiger partial charge in [0.15, 0.2) is 0 Å². The van der Waals surface area contributed by atoms with Crippen LogP contribution in [0.25, 0.3) is 0 Å². The zero-order valence-electron chi connectivity index (χ0n) is 6.25. The molecule has 0 aliphatic heterocycles. The lowest BCUT2D eigenvalue weighted by molar-refractivity contribution is 0.186. The number of carbonyl (C=O) groups is 1. The molecule has 0 saturated heterocycles. The number of anilines is 1. The van der Waals surface area contributed by atoms with Gasteiger partial charge in [0.2, 0.25) is 5.88 Å². The summed E-state index contributed by atoms with van der Waals surface area (Å²) in [7, 11) is 1.28. The van der Waals surface area contributed by atoms with Crippen LogP contribution in [0.15, 0.2) is 10.6 Å². The van der Waals surface area contributed by atoms with Gasteiger partial charge in [-0.1, -0.05) is 5.16 Å².